The molecule has 3 aliphatic carbocycles. The molecule has 1 aromatic rings. The number of nitrogens with zero attached hydrogens (tertiary/aromatic N) is 1. The molecular formula is C25H38ClNO. The van der Waals surface area contributed by atoms with Gasteiger partial charge in [-0.2, -0.15) is 0 Å². The van der Waals surface area contributed by atoms with Crippen LogP contribution in [-0.4, -0.2) is 22.7 Å². The molecule has 1 heterocycles. The minimum atomic E-state index is 0.144. The van der Waals surface area contributed by atoms with Crippen LogP contribution in [0.25, 0.3) is 0 Å². The normalized spacial score (nSPS) is 33.1. The van der Waals surface area contributed by atoms with Gasteiger partial charge in [-0.1, -0.05) is 19.1 Å². The Labute approximate surface area is 176 Å². The number of halogens is 1. The lowest BCUT2D eigenvalue weighted by atomic mass is 9.75. The van der Waals surface area contributed by atoms with Crippen molar-refractivity contribution in [2.45, 2.75) is 101 Å². The molecule has 28 heavy (non-hydrogen) atoms. The molecule has 1 fully saturated rings. The fraction of sp³-hybridized carbons (Fsp3) is 0.760. The van der Waals surface area contributed by atoms with Crippen LogP contribution >= 0.6 is 11.6 Å². The fourth-order valence-electron chi connectivity index (χ4n) is 6.06. The third-order valence-corrected chi connectivity index (χ3v) is 8.22. The summed E-state index contributed by atoms with van der Waals surface area (Å²) < 4.78 is 8.81. The van der Waals surface area contributed by atoms with Crippen LogP contribution in [0.3, 0.4) is 0 Å². The van der Waals surface area contributed by atoms with Crippen molar-refractivity contribution in [2.24, 2.45) is 13.0 Å². The predicted octanol–water partition coefficient (Wildman–Crippen LogP) is 6.78. The molecule has 0 N–H and O–H groups in total. The zero-order valence-electron chi connectivity index (χ0n) is 18.1. The van der Waals surface area contributed by atoms with E-state index in [2.05, 4.69) is 37.6 Å². The first-order valence-corrected chi connectivity index (χ1v) is 12.1. The quantitative estimate of drug-likeness (QED) is 0.390. The average molecular weight is 404 g/mol. The Morgan fingerprint density at radius 1 is 1.14 bits per heavy atom. The first-order valence-electron chi connectivity index (χ1n) is 11.7. The summed E-state index contributed by atoms with van der Waals surface area (Å²) in [5.41, 5.74) is 6.46. The van der Waals surface area contributed by atoms with E-state index in [4.69, 9.17) is 16.3 Å². The van der Waals surface area contributed by atoms with Gasteiger partial charge in [-0.3, -0.25) is 0 Å². The number of alkyl halides is 1. The molecule has 0 aromatic carbocycles. The van der Waals surface area contributed by atoms with E-state index in [1.54, 1.807) is 16.8 Å². The third-order valence-electron chi connectivity index (χ3n) is 7.77. The Morgan fingerprint density at radius 3 is 2.71 bits per heavy atom. The average Bonchev–Trinajstić information content (AvgIpc) is 2.98. The van der Waals surface area contributed by atoms with E-state index in [0.29, 0.717) is 11.8 Å². The van der Waals surface area contributed by atoms with Gasteiger partial charge in [0.25, 0.3) is 0 Å². The number of hydrogen-bond donors (Lipinski definition) is 0. The van der Waals surface area contributed by atoms with Gasteiger partial charge in [0.05, 0.1) is 18.1 Å². The van der Waals surface area contributed by atoms with Crippen molar-refractivity contribution in [1.29, 1.82) is 0 Å². The van der Waals surface area contributed by atoms with Crippen LogP contribution in [0.2, 0.25) is 0 Å². The van der Waals surface area contributed by atoms with Crippen molar-refractivity contribution in [3.8, 4) is 0 Å². The smallest absolute Gasteiger partial charge is 0.0739 e. The number of fused-ring (bicyclic) bond motifs is 1. The topological polar surface area (TPSA) is 14.2 Å². The summed E-state index contributed by atoms with van der Waals surface area (Å²) in [4.78, 5) is 0. The first-order chi connectivity index (χ1) is 13.6. The molecule has 2 nitrogen and oxygen atoms in total. The number of aromatic nitrogens is 1. The van der Waals surface area contributed by atoms with Crippen LogP contribution in [0, 0.1) is 12.8 Å². The maximum atomic E-state index is 6.91. The number of allylic oxidation sites excluding steroid dienone is 1. The molecule has 1 aromatic heterocycles. The minimum Gasteiger partial charge on any atom is -0.376 e. The van der Waals surface area contributed by atoms with Gasteiger partial charge in [0.15, 0.2) is 0 Å². The lowest BCUT2D eigenvalue weighted by Gasteiger charge is -2.35. The van der Waals surface area contributed by atoms with Crippen molar-refractivity contribution < 1.29 is 4.74 Å². The molecule has 0 aliphatic heterocycles. The summed E-state index contributed by atoms with van der Waals surface area (Å²) >= 11 is 6.91. The van der Waals surface area contributed by atoms with E-state index < -0.39 is 0 Å². The highest BCUT2D eigenvalue weighted by Gasteiger charge is 2.36. The van der Waals surface area contributed by atoms with Crippen molar-refractivity contribution in [3.63, 3.8) is 0 Å². The van der Waals surface area contributed by atoms with Gasteiger partial charge in [-0.15, -0.1) is 11.6 Å². The molecule has 3 aliphatic rings. The molecule has 0 bridgehead atoms. The zero-order valence-corrected chi connectivity index (χ0v) is 18.8. The largest absolute Gasteiger partial charge is 0.376 e. The molecular weight excluding hydrogens is 366 g/mol. The van der Waals surface area contributed by atoms with Crippen LogP contribution < -0.4 is 0 Å². The Balaban J connectivity index is 1.46. The molecule has 1 saturated carbocycles. The van der Waals surface area contributed by atoms with Gasteiger partial charge in [-0.25, -0.2) is 0 Å². The van der Waals surface area contributed by atoms with Gasteiger partial charge in [-0.05, 0) is 94.1 Å². The lowest BCUT2D eigenvalue weighted by molar-refractivity contribution is 0.0127. The second-order valence-electron chi connectivity index (χ2n) is 9.43. The Kier molecular flexibility index (Phi) is 6.57. The first kappa shape index (κ1) is 20.5. The second-order valence-corrected chi connectivity index (χ2v) is 9.99. The fourth-order valence-corrected chi connectivity index (χ4v) is 6.48. The van der Waals surface area contributed by atoms with Crippen LogP contribution in [0.5, 0.6) is 0 Å². The lowest BCUT2D eigenvalue weighted by Crippen LogP contribution is -2.33. The molecule has 156 valence electrons. The van der Waals surface area contributed by atoms with Gasteiger partial charge < -0.3 is 9.30 Å². The number of ether oxygens (including phenoxy) is 1. The minimum absolute atomic E-state index is 0.144. The summed E-state index contributed by atoms with van der Waals surface area (Å²) in [6.07, 6.45) is 17.3. The van der Waals surface area contributed by atoms with Crippen molar-refractivity contribution in [2.75, 3.05) is 6.61 Å². The monoisotopic (exact) mass is 403 g/mol. The van der Waals surface area contributed by atoms with Crippen LogP contribution in [0.1, 0.15) is 99.1 Å². The van der Waals surface area contributed by atoms with Gasteiger partial charge in [0, 0.05) is 24.4 Å². The zero-order chi connectivity index (χ0) is 19.7. The number of rotatable bonds is 5. The van der Waals surface area contributed by atoms with E-state index in [0.717, 1.165) is 25.4 Å². The molecule has 5 atom stereocenters. The summed E-state index contributed by atoms with van der Waals surface area (Å²) in [6.45, 7) is 5.55. The highest BCUT2D eigenvalue weighted by atomic mass is 35.5. The van der Waals surface area contributed by atoms with Crippen molar-refractivity contribution in [3.05, 3.63) is 34.7 Å². The van der Waals surface area contributed by atoms with Crippen molar-refractivity contribution >= 4 is 11.6 Å². The standard InChI is InChI=1S/C25H38ClNO/c1-4-19-11-8-12-22-25(19)24(17(2)27(22)3)20-13-14-23(21(26)15-20)28-16-18-9-6-5-7-10-18/h6,9,18-21,23H,4-5,7-8,10-16H2,1-3H3. The predicted molar refractivity (Wildman–Crippen MR) is 119 cm³/mol. The summed E-state index contributed by atoms with van der Waals surface area (Å²) in [6, 6.07) is 0. The van der Waals surface area contributed by atoms with Gasteiger partial charge >= 0.3 is 0 Å². The Morgan fingerprint density at radius 2 is 2.00 bits per heavy atom. The maximum Gasteiger partial charge on any atom is 0.0739 e. The second kappa shape index (κ2) is 8.96. The molecule has 0 spiro atoms. The van der Waals surface area contributed by atoms with Crippen LogP contribution in [0.4, 0.5) is 0 Å². The molecule has 4 rings (SSSR count). The molecule has 0 radical (unpaired) electrons. The summed E-state index contributed by atoms with van der Waals surface area (Å²) in [5, 5.41) is 0.144. The summed E-state index contributed by atoms with van der Waals surface area (Å²) in [5.74, 6) is 1.96. The molecule has 3 heteroatoms. The van der Waals surface area contributed by atoms with Crippen LogP contribution in [0.15, 0.2) is 12.2 Å². The van der Waals surface area contributed by atoms with E-state index in [9.17, 15) is 0 Å². The van der Waals surface area contributed by atoms with Crippen LogP contribution in [-0.2, 0) is 18.2 Å². The van der Waals surface area contributed by atoms with Gasteiger partial charge in [0.2, 0.25) is 0 Å². The third kappa shape index (κ3) is 3.97. The molecule has 0 amide bonds. The van der Waals surface area contributed by atoms with Crippen molar-refractivity contribution in [1.82, 2.24) is 4.57 Å². The Hall–Kier alpha value is -0.730. The van der Waals surface area contributed by atoms with E-state index >= 15 is 0 Å². The van der Waals surface area contributed by atoms with E-state index in [1.807, 2.05) is 0 Å². The SMILES string of the molecule is CCC1CCCc2c1c(C1CCC(OCC3C=CCCC3)C(Cl)C1)c(C)n2C. The van der Waals surface area contributed by atoms with Gasteiger partial charge in [0.1, 0.15) is 0 Å². The maximum absolute atomic E-state index is 6.91. The Bertz CT molecular complexity index is 706. The highest BCUT2D eigenvalue weighted by molar-refractivity contribution is 6.21. The number of hydrogen-bond acceptors (Lipinski definition) is 1. The molecule has 5 unspecified atom stereocenters. The molecule has 0 saturated heterocycles. The van der Waals surface area contributed by atoms with E-state index in [1.165, 1.54) is 57.1 Å². The highest BCUT2D eigenvalue weighted by Crippen LogP contribution is 2.46. The van der Waals surface area contributed by atoms with E-state index in [-0.39, 0.29) is 11.5 Å². The summed E-state index contributed by atoms with van der Waals surface area (Å²) in [7, 11) is 2.28.